The van der Waals surface area contributed by atoms with Crippen LogP contribution < -0.4 is 0 Å². The average molecular weight is 321 g/mol. The first-order chi connectivity index (χ1) is 11.2. The lowest BCUT2D eigenvalue weighted by atomic mass is 9.81. The maximum atomic E-state index is 9.51. The number of unbranched alkanes of at least 4 members (excludes halogenated alkanes) is 5. The summed E-state index contributed by atoms with van der Waals surface area (Å²) in [5, 5.41) is 19.0. The Hall–Kier alpha value is -0.860. The number of hydrogen-bond acceptors (Lipinski definition) is 2. The van der Waals surface area contributed by atoms with Gasteiger partial charge in [0, 0.05) is 5.41 Å². The lowest BCUT2D eigenvalue weighted by Gasteiger charge is -2.28. The van der Waals surface area contributed by atoms with E-state index in [0.29, 0.717) is 0 Å². The molecule has 0 fully saturated rings. The van der Waals surface area contributed by atoms with Gasteiger partial charge < -0.3 is 10.2 Å². The molecule has 1 aromatic carbocycles. The quantitative estimate of drug-likeness (QED) is 0.507. The fourth-order valence-electron chi connectivity index (χ4n) is 3.00. The first-order valence-corrected chi connectivity index (χ1v) is 9.49. The number of aryl methyl sites for hydroxylation is 2. The molecule has 2 N–H and O–H groups in total. The molecule has 0 aliphatic rings. The van der Waals surface area contributed by atoms with Crippen molar-refractivity contribution in [2.24, 2.45) is 5.41 Å². The highest BCUT2D eigenvalue weighted by molar-refractivity contribution is 5.23. The van der Waals surface area contributed by atoms with E-state index in [4.69, 9.17) is 0 Å². The van der Waals surface area contributed by atoms with Crippen LogP contribution in [0.5, 0.6) is 0 Å². The molecule has 1 aromatic rings. The van der Waals surface area contributed by atoms with Crippen molar-refractivity contribution in [1.29, 1.82) is 0 Å². The predicted octanol–water partition coefficient (Wildman–Crippen LogP) is 4.90. The van der Waals surface area contributed by atoms with Gasteiger partial charge in [-0.1, -0.05) is 70.2 Å². The van der Waals surface area contributed by atoms with Gasteiger partial charge in [0.05, 0.1) is 13.2 Å². The third-order valence-corrected chi connectivity index (χ3v) is 5.21. The minimum atomic E-state index is -0.322. The molecule has 0 atom stereocenters. The lowest BCUT2D eigenvalue weighted by molar-refractivity contribution is 0.0441. The molecule has 23 heavy (non-hydrogen) atoms. The topological polar surface area (TPSA) is 40.5 Å². The number of aliphatic hydroxyl groups excluding tert-OH is 2. The zero-order valence-electron chi connectivity index (χ0n) is 15.2. The van der Waals surface area contributed by atoms with E-state index in [2.05, 4.69) is 31.2 Å². The van der Waals surface area contributed by atoms with Gasteiger partial charge in [0.1, 0.15) is 0 Å². The van der Waals surface area contributed by atoms with E-state index in [1.807, 2.05) is 6.92 Å². The van der Waals surface area contributed by atoms with Crippen LogP contribution in [0.2, 0.25) is 0 Å². The summed E-state index contributed by atoms with van der Waals surface area (Å²) in [6.07, 6.45) is 11.8. The minimum Gasteiger partial charge on any atom is -0.396 e. The van der Waals surface area contributed by atoms with Crippen LogP contribution in [0, 0.1) is 5.41 Å². The summed E-state index contributed by atoms with van der Waals surface area (Å²) in [4.78, 5) is 0. The molecule has 0 radical (unpaired) electrons. The molecule has 0 saturated heterocycles. The largest absolute Gasteiger partial charge is 0.396 e. The second-order valence-electron chi connectivity index (χ2n) is 7.00. The highest BCUT2D eigenvalue weighted by Gasteiger charge is 2.25. The Morgan fingerprint density at radius 1 is 0.739 bits per heavy atom. The molecule has 0 saturated carbocycles. The Balaban J connectivity index is 2.33. The standard InChI is InChI=1S/C21H36O2/c1-3-5-6-7-8-9-10-19-11-13-20(14-12-19)15-16-21(4-2,17-22)18-23/h11-14,22-23H,3-10,15-18H2,1-2H3. The Labute approximate surface area is 142 Å². The minimum absolute atomic E-state index is 0.0656. The number of aliphatic hydroxyl groups is 2. The number of rotatable bonds is 13. The molecular formula is C21H36O2. The predicted molar refractivity (Wildman–Crippen MR) is 98.7 cm³/mol. The first kappa shape index (κ1) is 20.2. The zero-order chi connectivity index (χ0) is 17.0. The molecule has 0 heterocycles. The van der Waals surface area contributed by atoms with Crippen molar-refractivity contribution in [3.05, 3.63) is 35.4 Å². The molecule has 132 valence electrons. The third-order valence-electron chi connectivity index (χ3n) is 5.21. The van der Waals surface area contributed by atoms with Gasteiger partial charge in [0.15, 0.2) is 0 Å². The van der Waals surface area contributed by atoms with Gasteiger partial charge >= 0.3 is 0 Å². The van der Waals surface area contributed by atoms with Crippen LogP contribution in [0.15, 0.2) is 24.3 Å². The third kappa shape index (κ3) is 7.50. The van der Waals surface area contributed by atoms with Crippen LogP contribution in [0.3, 0.4) is 0 Å². The van der Waals surface area contributed by atoms with Gasteiger partial charge in [-0.15, -0.1) is 0 Å². The van der Waals surface area contributed by atoms with E-state index in [0.717, 1.165) is 19.3 Å². The molecule has 0 unspecified atom stereocenters. The number of benzene rings is 1. The van der Waals surface area contributed by atoms with Crippen LogP contribution in [-0.2, 0) is 12.8 Å². The van der Waals surface area contributed by atoms with Crippen LogP contribution in [0.4, 0.5) is 0 Å². The molecule has 1 rings (SSSR count). The zero-order valence-corrected chi connectivity index (χ0v) is 15.2. The highest BCUT2D eigenvalue weighted by Crippen LogP contribution is 2.27. The van der Waals surface area contributed by atoms with Gasteiger partial charge in [-0.05, 0) is 43.2 Å². The van der Waals surface area contributed by atoms with Gasteiger partial charge in [0.2, 0.25) is 0 Å². The molecule has 0 aromatic heterocycles. The molecule has 0 aliphatic carbocycles. The maximum absolute atomic E-state index is 9.51. The summed E-state index contributed by atoms with van der Waals surface area (Å²) in [6, 6.07) is 8.91. The van der Waals surface area contributed by atoms with Gasteiger partial charge in [-0.2, -0.15) is 0 Å². The first-order valence-electron chi connectivity index (χ1n) is 9.49. The number of hydrogen-bond donors (Lipinski definition) is 2. The summed E-state index contributed by atoms with van der Waals surface area (Å²) < 4.78 is 0. The summed E-state index contributed by atoms with van der Waals surface area (Å²) in [5.74, 6) is 0. The summed E-state index contributed by atoms with van der Waals surface area (Å²) in [7, 11) is 0. The van der Waals surface area contributed by atoms with Crippen LogP contribution >= 0.6 is 0 Å². The second kappa shape index (κ2) is 11.6. The Kier molecular flexibility index (Phi) is 10.2. The monoisotopic (exact) mass is 320 g/mol. The van der Waals surface area contributed by atoms with Crippen molar-refractivity contribution < 1.29 is 10.2 Å². The van der Waals surface area contributed by atoms with Crippen molar-refractivity contribution in [2.75, 3.05) is 13.2 Å². The fraction of sp³-hybridized carbons (Fsp3) is 0.714. The normalized spacial score (nSPS) is 11.8. The van der Waals surface area contributed by atoms with E-state index in [1.165, 1.54) is 56.1 Å². The van der Waals surface area contributed by atoms with Gasteiger partial charge in [0.25, 0.3) is 0 Å². The van der Waals surface area contributed by atoms with Crippen molar-refractivity contribution in [1.82, 2.24) is 0 Å². The molecule has 0 amide bonds. The maximum Gasteiger partial charge on any atom is 0.0509 e. The molecule has 2 heteroatoms. The molecule has 0 aliphatic heterocycles. The van der Waals surface area contributed by atoms with Crippen LogP contribution in [0.1, 0.15) is 76.3 Å². The van der Waals surface area contributed by atoms with Gasteiger partial charge in [-0.3, -0.25) is 0 Å². The smallest absolute Gasteiger partial charge is 0.0509 e. The van der Waals surface area contributed by atoms with Crippen molar-refractivity contribution >= 4 is 0 Å². The Morgan fingerprint density at radius 2 is 1.26 bits per heavy atom. The van der Waals surface area contributed by atoms with E-state index in [9.17, 15) is 10.2 Å². The van der Waals surface area contributed by atoms with Gasteiger partial charge in [-0.25, -0.2) is 0 Å². The Morgan fingerprint density at radius 3 is 1.78 bits per heavy atom. The molecule has 0 bridgehead atoms. The van der Waals surface area contributed by atoms with Crippen LogP contribution in [0.25, 0.3) is 0 Å². The highest BCUT2D eigenvalue weighted by atomic mass is 16.3. The summed E-state index contributed by atoms with van der Waals surface area (Å²) >= 11 is 0. The average Bonchev–Trinajstić information content (AvgIpc) is 2.61. The second-order valence-corrected chi connectivity index (χ2v) is 7.00. The fourth-order valence-corrected chi connectivity index (χ4v) is 3.00. The van der Waals surface area contributed by atoms with E-state index in [1.54, 1.807) is 0 Å². The SMILES string of the molecule is CCCCCCCCc1ccc(CCC(CC)(CO)CO)cc1. The molecule has 2 nitrogen and oxygen atoms in total. The Bertz CT molecular complexity index is 385. The summed E-state index contributed by atoms with van der Waals surface area (Å²) in [5.41, 5.74) is 2.41. The van der Waals surface area contributed by atoms with Crippen molar-refractivity contribution in [2.45, 2.75) is 78.1 Å². The molecular weight excluding hydrogens is 284 g/mol. The van der Waals surface area contributed by atoms with Crippen molar-refractivity contribution in [3.63, 3.8) is 0 Å². The van der Waals surface area contributed by atoms with E-state index in [-0.39, 0.29) is 18.6 Å². The van der Waals surface area contributed by atoms with E-state index >= 15 is 0 Å². The molecule has 0 spiro atoms. The lowest BCUT2D eigenvalue weighted by Crippen LogP contribution is -2.29. The van der Waals surface area contributed by atoms with E-state index < -0.39 is 0 Å². The van der Waals surface area contributed by atoms with Crippen LogP contribution in [-0.4, -0.2) is 23.4 Å². The van der Waals surface area contributed by atoms with Crippen molar-refractivity contribution in [3.8, 4) is 0 Å². The summed E-state index contributed by atoms with van der Waals surface area (Å²) in [6.45, 7) is 4.43.